The largest absolute Gasteiger partial charge is 0.484 e. The van der Waals surface area contributed by atoms with Crippen molar-refractivity contribution in [3.63, 3.8) is 0 Å². The van der Waals surface area contributed by atoms with E-state index in [2.05, 4.69) is 21.2 Å². The Labute approximate surface area is 220 Å². The number of carbonyl (C=O) groups excluding carboxylic acids is 3. The van der Waals surface area contributed by atoms with Crippen LogP contribution in [0.5, 0.6) is 5.75 Å². The Hall–Kier alpha value is -3.30. The number of benzene rings is 3. The van der Waals surface area contributed by atoms with Crippen molar-refractivity contribution >= 4 is 81.7 Å². The van der Waals surface area contributed by atoms with E-state index >= 15 is 0 Å². The molecule has 35 heavy (non-hydrogen) atoms. The molecule has 0 radical (unpaired) electrons. The third-order valence-electron chi connectivity index (χ3n) is 4.22. The van der Waals surface area contributed by atoms with Crippen LogP contribution in [0.3, 0.4) is 0 Å². The lowest BCUT2D eigenvalue weighted by Crippen LogP contribution is -2.32. The van der Waals surface area contributed by atoms with E-state index in [1.165, 1.54) is 18.3 Å². The Kier molecular flexibility index (Phi) is 9.33. The van der Waals surface area contributed by atoms with Gasteiger partial charge in [0, 0.05) is 5.02 Å². The molecule has 0 atom stereocenters. The lowest BCUT2D eigenvalue weighted by atomic mass is 10.2. The molecule has 0 heterocycles. The number of ether oxygens (including phenoxy) is 1. The SMILES string of the molecule is O=C(COc1cccc(/C=N\NC(=O)C(=O)Nc2cccc(Cl)c2Cl)c1)Nc1ccc(Cl)cc1Cl. The van der Waals surface area contributed by atoms with Crippen molar-refractivity contribution in [1.82, 2.24) is 5.43 Å². The van der Waals surface area contributed by atoms with Crippen LogP contribution < -0.4 is 20.8 Å². The first-order chi connectivity index (χ1) is 16.7. The number of nitrogens with zero attached hydrogens (tertiary/aromatic N) is 1. The van der Waals surface area contributed by atoms with Crippen molar-refractivity contribution in [2.45, 2.75) is 0 Å². The Morgan fingerprint density at radius 2 is 1.60 bits per heavy atom. The minimum absolute atomic E-state index is 0.112. The summed E-state index contributed by atoms with van der Waals surface area (Å²) in [7, 11) is 0. The highest BCUT2D eigenvalue weighted by Gasteiger charge is 2.15. The number of carbonyl (C=O) groups is 3. The minimum Gasteiger partial charge on any atom is -0.484 e. The van der Waals surface area contributed by atoms with Crippen molar-refractivity contribution in [3.8, 4) is 5.75 Å². The maximum absolute atomic E-state index is 12.1. The van der Waals surface area contributed by atoms with Gasteiger partial charge in [-0.05, 0) is 48.0 Å². The molecule has 3 aromatic carbocycles. The average Bonchev–Trinajstić information content (AvgIpc) is 2.82. The normalized spacial score (nSPS) is 10.6. The molecule has 0 fully saturated rings. The maximum atomic E-state index is 12.1. The second kappa shape index (κ2) is 12.4. The van der Waals surface area contributed by atoms with E-state index in [1.807, 2.05) is 0 Å². The molecule has 0 spiro atoms. The first-order valence-corrected chi connectivity index (χ1v) is 11.3. The maximum Gasteiger partial charge on any atom is 0.329 e. The average molecular weight is 554 g/mol. The zero-order chi connectivity index (χ0) is 25.4. The molecule has 12 heteroatoms. The number of anilines is 2. The van der Waals surface area contributed by atoms with Crippen molar-refractivity contribution in [1.29, 1.82) is 0 Å². The van der Waals surface area contributed by atoms with Crippen LogP contribution in [0.15, 0.2) is 65.8 Å². The fourth-order valence-electron chi connectivity index (χ4n) is 2.61. The van der Waals surface area contributed by atoms with Crippen LogP contribution in [-0.2, 0) is 14.4 Å². The Balaban J connectivity index is 1.50. The van der Waals surface area contributed by atoms with Gasteiger partial charge >= 0.3 is 11.8 Å². The van der Waals surface area contributed by atoms with E-state index in [0.29, 0.717) is 27.0 Å². The summed E-state index contributed by atoms with van der Waals surface area (Å²) < 4.78 is 5.48. The van der Waals surface area contributed by atoms with Crippen LogP contribution in [-0.4, -0.2) is 30.5 Å². The predicted molar refractivity (Wildman–Crippen MR) is 138 cm³/mol. The molecule has 0 aliphatic heterocycles. The van der Waals surface area contributed by atoms with E-state index in [4.69, 9.17) is 51.1 Å². The second-order valence-corrected chi connectivity index (χ2v) is 8.42. The molecule has 8 nitrogen and oxygen atoms in total. The highest BCUT2D eigenvalue weighted by atomic mass is 35.5. The van der Waals surface area contributed by atoms with Crippen molar-refractivity contribution in [2.24, 2.45) is 5.10 Å². The summed E-state index contributed by atoms with van der Waals surface area (Å²) in [5.41, 5.74) is 3.25. The number of hydrazone groups is 1. The van der Waals surface area contributed by atoms with E-state index in [-0.39, 0.29) is 22.3 Å². The quantitative estimate of drug-likeness (QED) is 0.206. The van der Waals surface area contributed by atoms with Gasteiger partial charge in [0.1, 0.15) is 5.75 Å². The molecule has 0 saturated heterocycles. The molecular weight excluding hydrogens is 538 g/mol. The topological polar surface area (TPSA) is 109 Å². The summed E-state index contributed by atoms with van der Waals surface area (Å²) in [6.45, 7) is -0.275. The van der Waals surface area contributed by atoms with E-state index in [0.717, 1.165) is 0 Å². The van der Waals surface area contributed by atoms with Crippen molar-refractivity contribution in [3.05, 3.63) is 86.3 Å². The van der Waals surface area contributed by atoms with Gasteiger partial charge in [0.15, 0.2) is 6.61 Å². The summed E-state index contributed by atoms with van der Waals surface area (Å²) in [6.07, 6.45) is 1.30. The summed E-state index contributed by atoms with van der Waals surface area (Å²) in [5.74, 6) is -2.03. The fraction of sp³-hybridized carbons (Fsp3) is 0.0435. The first-order valence-electron chi connectivity index (χ1n) is 9.79. The van der Waals surface area contributed by atoms with Crippen LogP contribution in [0.25, 0.3) is 0 Å². The number of halogens is 4. The van der Waals surface area contributed by atoms with Gasteiger partial charge in [0.25, 0.3) is 5.91 Å². The molecule has 3 aromatic rings. The molecule has 0 saturated carbocycles. The van der Waals surface area contributed by atoms with Crippen LogP contribution in [0.1, 0.15) is 5.56 Å². The molecule has 3 N–H and O–H groups in total. The zero-order valence-corrected chi connectivity index (χ0v) is 20.7. The summed E-state index contributed by atoms with van der Waals surface area (Å²) in [5, 5.41) is 9.81. The van der Waals surface area contributed by atoms with Gasteiger partial charge in [-0.15, -0.1) is 0 Å². The van der Waals surface area contributed by atoms with Crippen molar-refractivity contribution < 1.29 is 19.1 Å². The summed E-state index contributed by atoms with van der Waals surface area (Å²) in [6, 6.07) is 15.9. The van der Waals surface area contributed by atoms with Gasteiger partial charge in [-0.1, -0.05) is 64.6 Å². The highest BCUT2D eigenvalue weighted by molar-refractivity contribution is 6.45. The molecule has 3 rings (SSSR count). The van der Waals surface area contributed by atoms with E-state index in [1.54, 1.807) is 48.5 Å². The van der Waals surface area contributed by atoms with Gasteiger partial charge in [-0.25, -0.2) is 5.43 Å². The Morgan fingerprint density at radius 1 is 0.829 bits per heavy atom. The molecule has 0 aliphatic rings. The summed E-state index contributed by atoms with van der Waals surface area (Å²) >= 11 is 23.7. The smallest absolute Gasteiger partial charge is 0.329 e. The second-order valence-electron chi connectivity index (χ2n) is 6.79. The van der Waals surface area contributed by atoms with Gasteiger partial charge in [0.2, 0.25) is 0 Å². The third-order valence-corrected chi connectivity index (χ3v) is 5.59. The standard InChI is InChI=1S/C23H16Cl4N4O4/c24-14-7-8-18(17(26)10-14)29-20(32)12-35-15-4-1-3-13(9-15)11-28-31-23(34)22(33)30-19-6-2-5-16(25)21(19)27/h1-11H,12H2,(H,29,32)(H,30,33)(H,31,34)/b28-11-. The molecule has 0 aromatic heterocycles. The minimum atomic E-state index is -1.01. The fourth-order valence-corrected chi connectivity index (χ4v) is 3.41. The number of nitrogens with one attached hydrogen (secondary N) is 3. The number of hydrogen-bond acceptors (Lipinski definition) is 5. The van der Waals surface area contributed by atoms with Gasteiger partial charge < -0.3 is 15.4 Å². The van der Waals surface area contributed by atoms with Gasteiger partial charge in [0.05, 0.1) is 32.7 Å². The molecule has 180 valence electrons. The van der Waals surface area contributed by atoms with Crippen LogP contribution in [0.2, 0.25) is 20.1 Å². The van der Waals surface area contributed by atoms with Gasteiger partial charge in [-0.2, -0.15) is 5.10 Å². The first kappa shape index (κ1) is 26.3. The predicted octanol–water partition coefficient (Wildman–Crippen LogP) is 5.41. The van der Waals surface area contributed by atoms with Crippen LogP contribution in [0, 0.1) is 0 Å². The monoisotopic (exact) mass is 552 g/mol. The molecule has 3 amide bonds. The summed E-state index contributed by atoms with van der Waals surface area (Å²) in [4.78, 5) is 36.1. The lowest BCUT2D eigenvalue weighted by molar-refractivity contribution is -0.136. The number of rotatable bonds is 7. The third kappa shape index (κ3) is 7.87. The molecule has 0 bridgehead atoms. The van der Waals surface area contributed by atoms with E-state index in [9.17, 15) is 14.4 Å². The number of amides is 3. The molecular formula is C23H16Cl4N4O4. The van der Waals surface area contributed by atoms with E-state index < -0.39 is 17.7 Å². The van der Waals surface area contributed by atoms with Crippen LogP contribution in [0.4, 0.5) is 11.4 Å². The van der Waals surface area contributed by atoms with Crippen molar-refractivity contribution in [2.75, 3.05) is 17.2 Å². The van der Waals surface area contributed by atoms with Gasteiger partial charge in [-0.3, -0.25) is 14.4 Å². The molecule has 0 unspecified atom stereocenters. The molecule has 0 aliphatic carbocycles. The highest BCUT2D eigenvalue weighted by Crippen LogP contribution is 2.29. The Bertz CT molecular complexity index is 1300. The number of hydrogen-bond donors (Lipinski definition) is 3. The zero-order valence-electron chi connectivity index (χ0n) is 17.7. The Morgan fingerprint density at radius 3 is 2.37 bits per heavy atom. The van der Waals surface area contributed by atoms with Crippen LogP contribution >= 0.6 is 46.4 Å². The lowest BCUT2D eigenvalue weighted by Gasteiger charge is -2.09.